The van der Waals surface area contributed by atoms with Crippen LogP contribution in [0.15, 0.2) is 35.3 Å². The molecule has 0 unspecified atom stereocenters. The molecule has 0 saturated heterocycles. The fourth-order valence-corrected chi connectivity index (χ4v) is 6.08. The van der Waals surface area contributed by atoms with Crippen molar-refractivity contribution in [3.8, 4) is 0 Å². The van der Waals surface area contributed by atoms with Crippen LogP contribution >= 0.6 is 12.6 Å². The van der Waals surface area contributed by atoms with Gasteiger partial charge < -0.3 is 63.6 Å². The van der Waals surface area contributed by atoms with Crippen LogP contribution in [0.25, 0.3) is 11.2 Å². The van der Waals surface area contributed by atoms with Gasteiger partial charge in [-0.2, -0.15) is 17.6 Å². The second-order valence-electron chi connectivity index (χ2n) is 15.1. The maximum absolute atomic E-state index is 13.3. The molecule has 3 aromatic rings. The highest BCUT2D eigenvalue weighted by Crippen LogP contribution is 2.12. The summed E-state index contributed by atoms with van der Waals surface area (Å²) in [6.07, 6.45) is -0.630. The smallest absolute Gasteiger partial charge is 0.327 e. The Kier molecular flexibility index (Phi) is 21.0. The lowest BCUT2D eigenvalue weighted by atomic mass is 10.1. The maximum Gasteiger partial charge on any atom is 0.327 e. The van der Waals surface area contributed by atoms with Crippen LogP contribution in [0.1, 0.15) is 75.3 Å². The molecule has 0 spiro atoms. The molecule has 2 aromatic heterocycles. The summed E-state index contributed by atoms with van der Waals surface area (Å²) in [4.78, 5) is 151. The molecule has 14 N–H and O–H groups in total. The first kappa shape index (κ1) is 54.4. The molecular formula is C40H53N13O14S. The lowest BCUT2D eigenvalue weighted by molar-refractivity contribution is -0.141. The van der Waals surface area contributed by atoms with E-state index in [1.165, 1.54) is 27.0 Å². The van der Waals surface area contributed by atoms with Crippen LogP contribution < -0.4 is 53.8 Å². The third-order valence-corrected chi connectivity index (χ3v) is 9.97. The summed E-state index contributed by atoms with van der Waals surface area (Å²) in [5.74, 6) is -10.2. The van der Waals surface area contributed by atoms with Crippen molar-refractivity contribution in [1.29, 1.82) is 0 Å². The predicted octanol–water partition coefficient (Wildman–Crippen LogP) is -2.87. The molecule has 2 heterocycles. The van der Waals surface area contributed by atoms with E-state index in [9.17, 15) is 63.0 Å². The van der Waals surface area contributed by atoms with Crippen LogP contribution in [-0.4, -0.2) is 143 Å². The summed E-state index contributed by atoms with van der Waals surface area (Å²) in [6, 6.07) is -2.06. The van der Waals surface area contributed by atoms with Crippen LogP contribution in [0.3, 0.4) is 0 Å². The number of nitrogens with one attached hydrogen (secondary N) is 9. The first-order chi connectivity index (χ1) is 32.1. The maximum atomic E-state index is 13.3. The first-order valence-corrected chi connectivity index (χ1v) is 21.4. The topological polar surface area (TPSA) is 425 Å². The minimum atomic E-state index is -1.56. The van der Waals surface area contributed by atoms with Crippen LogP contribution in [0.5, 0.6) is 0 Å². The molecule has 28 heteroatoms. The summed E-state index contributed by atoms with van der Waals surface area (Å²) >= 11 is 3.84. The molecule has 0 bridgehead atoms. The second kappa shape index (κ2) is 26.3. The highest BCUT2D eigenvalue weighted by Gasteiger charge is 2.31. The van der Waals surface area contributed by atoms with Gasteiger partial charge in [-0.1, -0.05) is 0 Å². The fraction of sp³-hybridized carbons (Fsp3) is 0.450. The summed E-state index contributed by atoms with van der Waals surface area (Å²) in [5.41, 5.74) is 6.55. The minimum Gasteiger partial charge on any atom is -0.481 e. The Balaban J connectivity index is 1.48. The van der Waals surface area contributed by atoms with Gasteiger partial charge in [-0.3, -0.25) is 52.9 Å². The number of benzene rings is 1. The Bertz CT molecular complexity index is 2420. The van der Waals surface area contributed by atoms with Crippen molar-refractivity contribution >= 4 is 94.7 Å². The number of hydrogen-bond donors (Lipinski definition) is 14. The monoisotopic (exact) mass is 971 g/mol. The van der Waals surface area contributed by atoms with Gasteiger partial charge in [0.05, 0.1) is 18.4 Å². The van der Waals surface area contributed by atoms with E-state index >= 15 is 0 Å². The molecule has 27 nitrogen and oxygen atoms in total. The molecule has 0 aliphatic carbocycles. The Labute approximate surface area is 391 Å². The van der Waals surface area contributed by atoms with Gasteiger partial charge in [-0.25, -0.2) is 14.8 Å². The number of anilines is 2. The highest BCUT2D eigenvalue weighted by atomic mass is 32.1. The van der Waals surface area contributed by atoms with Crippen molar-refractivity contribution in [3.05, 3.63) is 52.1 Å². The number of aromatic amines is 1. The number of hydrogen-bond acceptors (Lipinski definition) is 17. The lowest BCUT2D eigenvalue weighted by Crippen LogP contribution is -2.58. The van der Waals surface area contributed by atoms with Crippen molar-refractivity contribution in [2.75, 3.05) is 23.3 Å². The molecule has 0 radical (unpaired) electrons. The number of carboxylic acid groups (broad SMARTS) is 3. The number of carbonyl (C=O) groups is 10. The van der Waals surface area contributed by atoms with Crippen molar-refractivity contribution in [1.82, 2.24) is 57.2 Å². The Morgan fingerprint density at radius 1 is 0.691 bits per heavy atom. The highest BCUT2D eigenvalue weighted by molar-refractivity contribution is 7.80. The first-order valence-electron chi connectivity index (χ1n) is 20.8. The third kappa shape index (κ3) is 17.8. The van der Waals surface area contributed by atoms with Crippen molar-refractivity contribution in [2.24, 2.45) is 0 Å². The lowest BCUT2D eigenvalue weighted by Gasteiger charge is -2.25. The molecule has 0 aliphatic heterocycles. The number of H-pyrrole nitrogens is 1. The number of nitrogens with zero attached hydrogens (tertiary/aromatic N) is 3. The standard InChI is InChI=1S/C40H53N13O14S/c1-18(45-27(54)5-4-14-42-35(62)21-6-8-22(9-7-21)43-15-23-16-44-31-30(48-23)38(65)53-40(41)52-31)32(59)49-24(10-12-28(55)56)36(63)46-19(2)33(60)50-25(11-13-29(57)58)37(64)47-20(3)34(61)51-26(17-68)39(66)67/h6-9,16,18-20,24-26,43,68H,4-5,10-15,17H2,1-3H3,(H,42,62)(H,45,54)(H,46,63)(H,47,64)(H,49,59)(H,50,60)(H,51,61)(H,55,56)(H,57,58)(H,66,67)(H3,41,44,52,53,65)/t18-,19-,20-,24+,25+,26+/m0/s1. The Hall–Kier alpha value is -7.91. The molecule has 0 aliphatic rings. The van der Waals surface area contributed by atoms with E-state index in [0.717, 1.165) is 0 Å². The zero-order valence-electron chi connectivity index (χ0n) is 36.9. The normalized spacial score (nSPS) is 13.5. The number of aliphatic carboxylic acids is 3. The van der Waals surface area contributed by atoms with E-state index in [4.69, 9.17) is 10.8 Å². The van der Waals surface area contributed by atoms with Crippen molar-refractivity contribution in [2.45, 2.75) is 102 Å². The average Bonchev–Trinajstić information content (AvgIpc) is 3.28. The van der Waals surface area contributed by atoms with Gasteiger partial charge in [0.15, 0.2) is 11.2 Å². The number of thiol groups is 1. The second-order valence-corrected chi connectivity index (χ2v) is 15.5. The molecule has 3 rings (SSSR count). The molecule has 6 atom stereocenters. The predicted molar refractivity (Wildman–Crippen MR) is 242 cm³/mol. The summed E-state index contributed by atoms with van der Waals surface area (Å²) in [5, 5.41) is 47.2. The largest absolute Gasteiger partial charge is 0.481 e. The van der Waals surface area contributed by atoms with Gasteiger partial charge in [-0.05, 0) is 64.3 Å². The summed E-state index contributed by atoms with van der Waals surface area (Å²) in [6.45, 7) is 3.99. The van der Waals surface area contributed by atoms with Crippen LogP contribution in [-0.2, 0) is 49.7 Å². The quantitative estimate of drug-likeness (QED) is 0.0270. The van der Waals surface area contributed by atoms with E-state index in [1.54, 1.807) is 24.3 Å². The number of fused-ring (bicyclic) bond motifs is 1. The van der Waals surface area contributed by atoms with Gasteiger partial charge in [0.1, 0.15) is 36.3 Å². The Morgan fingerprint density at radius 2 is 1.21 bits per heavy atom. The number of carboxylic acids is 3. The van der Waals surface area contributed by atoms with Crippen LogP contribution in [0.4, 0.5) is 11.6 Å². The van der Waals surface area contributed by atoms with Crippen LogP contribution in [0.2, 0.25) is 0 Å². The number of carbonyl (C=O) groups excluding carboxylic acids is 7. The van der Waals surface area contributed by atoms with Gasteiger partial charge in [-0.15, -0.1) is 0 Å². The van der Waals surface area contributed by atoms with Gasteiger partial charge >= 0.3 is 17.9 Å². The fourth-order valence-electron chi connectivity index (χ4n) is 5.83. The van der Waals surface area contributed by atoms with E-state index < -0.39 is 127 Å². The summed E-state index contributed by atoms with van der Waals surface area (Å²) < 4.78 is 0. The molecule has 7 amide bonds. The van der Waals surface area contributed by atoms with Crippen molar-refractivity contribution in [3.63, 3.8) is 0 Å². The number of amides is 7. The van der Waals surface area contributed by atoms with Crippen LogP contribution in [0, 0.1) is 0 Å². The van der Waals surface area contributed by atoms with E-state index in [0.29, 0.717) is 16.9 Å². The molecule has 68 heavy (non-hydrogen) atoms. The molecule has 0 saturated carbocycles. The summed E-state index contributed by atoms with van der Waals surface area (Å²) in [7, 11) is 0. The zero-order valence-corrected chi connectivity index (χ0v) is 37.8. The molecular weight excluding hydrogens is 919 g/mol. The van der Waals surface area contributed by atoms with E-state index in [-0.39, 0.29) is 48.8 Å². The van der Waals surface area contributed by atoms with E-state index in [1.807, 2.05) is 0 Å². The third-order valence-electron chi connectivity index (χ3n) is 9.60. The molecule has 1 aromatic carbocycles. The van der Waals surface area contributed by atoms with Gasteiger partial charge in [0.25, 0.3) is 11.5 Å². The zero-order chi connectivity index (χ0) is 50.7. The SMILES string of the molecule is C[C@H](NC(=O)CCCNC(=O)c1ccc(NCc2cnc3nc(N)[nH]c(=O)c3n2)cc1)C(=O)N[C@H](CCC(=O)O)C(=O)N[C@@H](C)C(=O)N[C@H](CCC(=O)O)C(=O)N[C@@H](C)C(=O)N[C@H](CS)C(=O)O. The average molecular weight is 972 g/mol. The van der Waals surface area contributed by atoms with E-state index in [2.05, 4.69) is 75.1 Å². The molecule has 368 valence electrons. The van der Waals surface area contributed by atoms with Gasteiger partial charge in [0.2, 0.25) is 41.4 Å². The number of nitrogen functional groups attached to an aromatic ring is 1. The minimum absolute atomic E-state index is 0.0307. The Morgan fingerprint density at radius 3 is 1.71 bits per heavy atom. The number of nitrogens with two attached hydrogens (primary N) is 1. The molecule has 0 fully saturated rings. The van der Waals surface area contributed by atoms with Crippen molar-refractivity contribution < 1.29 is 63.3 Å². The number of aromatic nitrogens is 4. The van der Waals surface area contributed by atoms with Gasteiger partial charge in [0, 0.05) is 42.8 Å². The number of rotatable bonds is 27.